The molecule has 0 radical (unpaired) electrons. The average Bonchev–Trinajstić information content (AvgIpc) is 3.18. The Morgan fingerprint density at radius 3 is 2.38 bits per heavy atom. The normalized spacial score (nSPS) is 27.6. The zero-order valence-corrected chi connectivity index (χ0v) is 9.76. The predicted molar refractivity (Wildman–Crippen MR) is 65.5 cm³/mol. The van der Waals surface area contributed by atoms with E-state index in [-0.39, 0.29) is 5.54 Å². The van der Waals surface area contributed by atoms with E-state index in [0.29, 0.717) is 5.41 Å². The van der Waals surface area contributed by atoms with Crippen molar-refractivity contribution in [1.82, 2.24) is 0 Å². The molecule has 0 saturated heterocycles. The van der Waals surface area contributed by atoms with Crippen molar-refractivity contribution in [3.8, 4) is 0 Å². The van der Waals surface area contributed by atoms with E-state index in [1.165, 1.54) is 44.9 Å². The second kappa shape index (κ2) is 2.70. The first-order valence-corrected chi connectivity index (χ1v) is 6.65. The van der Waals surface area contributed by atoms with Gasteiger partial charge in [0.1, 0.15) is 0 Å². The molecule has 3 aliphatic carbocycles. The van der Waals surface area contributed by atoms with Gasteiger partial charge in [0.15, 0.2) is 0 Å². The van der Waals surface area contributed by atoms with Gasteiger partial charge in [-0.3, -0.25) is 0 Å². The third-order valence-electron chi connectivity index (χ3n) is 5.14. The maximum Gasteiger partial charge on any atom is 0.0253 e. The Kier molecular flexibility index (Phi) is 1.56. The Morgan fingerprint density at radius 1 is 0.938 bits per heavy atom. The van der Waals surface area contributed by atoms with E-state index in [4.69, 9.17) is 5.73 Å². The second-order valence-electron chi connectivity index (χ2n) is 6.08. The summed E-state index contributed by atoms with van der Waals surface area (Å²) < 4.78 is 0. The zero-order chi connectivity index (χ0) is 10.8. The molecule has 0 aliphatic heterocycles. The first-order chi connectivity index (χ1) is 7.74. The van der Waals surface area contributed by atoms with Crippen LogP contribution in [0.4, 0.5) is 0 Å². The lowest BCUT2D eigenvalue weighted by molar-refractivity contribution is 0.503. The van der Waals surface area contributed by atoms with Gasteiger partial charge >= 0.3 is 0 Å². The van der Waals surface area contributed by atoms with E-state index < -0.39 is 0 Å². The van der Waals surface area contributed by atoms with Gasteiger partial charge < -0.3 is 5.73 Å². The van der Waals surface area contributed by atoms with Gasteiger partial charge in [-0.1, -0.05) is 18.2 Å². The van der Waals surface area contributed by atoms with E-state index in [9.17, 15) is 0 Å². The number of aryl methyl sites for hydroxylation is 2. The molecule has 16 heavy (non-hydrogen) atoms. The fourth-order valence-electron chi connectivity index (χ4n) is 3.68. The van der Waals surface area contributed by atoms with Crippen LogP contribution in [0.2, 0.25) is 0 Å². The van der Waals surface area contributed by atoms with Gasteiger partial charge in [-0.05, 0) is 61.6 Å². The average molecular weight is 213 g/mol. The van der Waals surface area contributed by atoms with Crippen molar-refractivity contribution in [1.29, 1.82) is 0 Å². The largest absolute Gasteiger partial charge is 0.324 e. The molecule has 84 valence electrons. The van der Waals surface area contributed by atoms with Crippen LogP contribution in [-0.4, -0.2) is 5.54 Å². The van der Waals surface area contributed by atoms with Crippen molar-refractivity contribution < 1.29 is 0 Å². The quantitative estimate of drug-likeness (QED) is 0.803. The third-order valence-corrected chi connectivity index (χ3v) is 5.14. The Bertz CT molecular complexity index is 453. The van der Waals surface area contributed by atoms with Crippen LogP contribution in [0, 0.1) is 0 Å². The van der Waals surface area contributed by atoms with E-state index in [0.717, 1.165) is 0 Å². The van der Waals surface area contributed by atoms with Crippen LogP contribution in [0.1, 0.15) is 48.8 Å². The number of benzene rings is 1. The molecule has 0 aromatic heterocycles. The lowest BCUT2D eigenvalue weighted by Gasteiger charge is -2.24. The summed E-state index contributed by atoms with van der Waals surface area (Å²) >= 11 is 0. The van der Waals surface area contributed by atoms with Gasteiger partial charge in [-0.2, -0.15) is 0 Å². The van der Waals surface area contributed by atoms with Crippen LogP contribution in [0.5, 0.6) is 0 Å². The van der Waals surface area contributed by atoms with Crippen molar-refractivity contribution in [2.45, 2.75) is 55.9 Å². The predicted octanol–water partition coefficient (Wildman–Crippen LogP) is 2.70. The molecule has 0 heterocycles. The standard InChI is InChI=1S/C15H19N/c16-15(8-9-15)14(6-7-14)13-5-4-11-2-1-3-12(11)10-13/h4-5,10H,1-3,6-9,16H2. The summed E-state index contributed by atoms with van der Waals surface area (Å²) in [6.07, 6.45) is 9.05. The summed E-state index contributed by atoms with van der Waals surface area (Å²) in [7, 11) is 0. The first-order valence-electron chi connectivity index (χ1n) is 6.65. The molecule has 2 N–H and O–H groups in total. The van der Waals surface area contributed by atoms with Crippen molar-refractivity contribution in [3.63, 3.8) is 0 Å². The summed E-state index contributed by atoms with van der Waals surface area (Å²) in [4.78, 5) is 0. The summed E-state index contributed by atoms with van der Waals surface area (Å²) in [6.45, 7) is 0. The van der Waals surface area contributed by atoms with Crippen molar-refractivity contribution in [3.05, 3.63) is 34.9 Å². The fraction of sp³-hybridized carbons (Fsp3) is 0.600. The molecular formula is C15H19N. The summed E-state index contributed by atoms with van der Waals surface area (Å²) in [6, 6.07) is 7.20. The van der Waals surface area contributed by atoms with Crippen LogP contribution in [0.25, 0.3) is 0 Å². The molecule has 0 bridgehead atoms. The van der Waals surface area contributed by atoms with E-state index in [1.54, 1.807) is 16.7 Å². The SMILES string of the molecule is NC1(C2(c3ccc4c(c3)CCC4)CC2)CC1. The molecule has 0 amide bonds. The minimum absolute atomic E-state index is 0.167. The van der Waals surface area contributed by atoms with E-state index in [1.807, 2.05) is 0 Å². The van der Waals surface area contributed by atoms with Gasteiger partial charge in [0.25, 0.3) is 0 Å². The molecule has 1 heteroatoms. The molecule has 0 atom stereocenters. The summed E-state index contributed by atoms with van der Waals surface area (Å²) in [5, 5.41) is 0. The maximum absolute atomic E-state index is 6.46. The molecule has 1 aromatic rings. The molecule has 3 aliphatic rings. The maximum atomic E-state index is 6.46. The summed E-state index contributed by atoms with van der Waals surface area (Å²) in [5.74, 6) is 0. The first kappa shape index (κ1) is 9.23. The second-order valence-corrected chi connectivity index (χ2v) is 6.08. The van der Waals surface area contributed by atoms with E-state index >= 15 is 0 Å². The van der Waals surface area contributed by atoms with Crippen molar-refractivity contribution >= 4 is 0 Å². The number of nitrogens with two attached hydrogens (primary N) is 1. The van der Waals surface area contributed by atoms with Gasteiger partial charge in [0, 0.05) is 11.0 Å². The highest BCUT2D eigenvalue weighted by Gasteiger charge is 2.64. The van der Waals surface area contributed by atoms with Crippen LogP contribution >= 0.6 is 0 Å². The Hall–Kier alpha value is -0.820. The lowest BCUT2D eigenvalue weighted by atomic mass is 9.85. The topological polar surface area (TPSA) is 26.0 Å². The monoisotopic (exact) mass is 213 g/mol. The molecule has 2 fully saturated rings. The van der Waals surface area contributed by atoms with Gasteiger partial charge in [0.05, 0.1) is 0 Å². The molecular weight excluding hydrogens is 194 g/mol. The van der Waals surface area contributed by atoms with Gasteiger partial charge in [-0.15, -0.1) is 0 Å². The molecule has 0 spiro atoms. The van der Waals surface area contributed by atoms with Crippen LogP contribution in [0.3, 0.4) is 0 Å². The van der Waals surface area contributed by atoms with Crippen molar-refractivity contribution in [2.24, 2.45) is 5.73 Å². The zero-order valence-electron chi connectivity index (χ0n) is 9.76. The number of fused-ring (bicyclic) bond motifs is 1. The molecule has 1 nitrogen and oxygen atoms in total. The minimum atomic E-state index is 0.167. The Balaban J connectivity index is 1.78. The van der Waals surface area contributed by atoms with Gasteiger partial charge in [0.2, 0.25) is 0 Å². The highest BCUT2D eigenvalue weighted by molar-refractivity contribution is 5.45. The van der Waals surface area contributed by atoms with Crippen LogP contribution in [-0.2, 0) is 18.3 Å². The number of rotatable bonds is 2. The van der Waals surface area contributed by atoms with Crippen molar-refractivity contribution in [2.75, 3.05) is 0 Å². The highest BCUT2D eigenvalue weighted by Crippen LogP contribution is 2.63. The summed E-state index contributed by atoms with van der Waals surface area (Å²) in [5.41, 5.74) is 11.7. The fourth-order valence-corrected chi connectivity index (χ4v) is 3.68. The highest BCUT2D eigenvalue weighted by atomic mass is 14.9. The third kappa shape index (κ3) is 1.05. The molecule has 2 saturated carbocycles. The van der Waals surface area contributed by atoms with Gasteiger partial charge in [-0.25, -0.2) is 0 Å². The number of hydrogen-bond donors (Lipinski definition) is 1. The lowest BCUT2D eigenvalue weighted by Crippen LogP contribution is -2.37. The Morgan fingerprint density at radius 2 is 1.69 bits per heavy atom. The minimum Gasteiger partial charge on any atom is -0.324 e. The molecule has 4 rings (SSSR count). The van der Waals surface area contributed by atoms with Crippen LogP contribution in [0.15, 0.2) is 18.2 Å². The Labute approximate surface area is 97.0 Å². The smallest absolute Gasteiger partial charge is 0.0253 e. The van der Waals surface area contributed by atoms with E-state index in [2.05, 4.69) is 18.2 Å². The molecule has 1 aromatic carbocycles. The number of hydrogen-bond acceptors (Lipinski definition) is 1. The van der Waals surface area contributed by atoms with Crippen LogP contribution < -0.4 is 5.73 Å². The molecule has 0 unspecified atom stereocenters.